The Balaban J connectivity index is 1.71. The molecule has 4 nitrogen and oxygen atoms in total. The zero-order chi connectivity index (χ0) is 18.5. The Kier molecular flexibility index (Phi) is 5.32. The maximum absolute atomic E-state index is 12.5. The van der Waals surface area contributed by atoms with E-state index in [-0.39, 0.29) is 5.91 Å². The number of hydrogen-bond donors (Lipinski definition) is 2. The number of rotatable bonds is 5. The quantitative estimate of drug-likeness (QED) is 0.706. The zero-order valence-corrected chi connectivity index (χ0v) is 15.3. The highest BCUT2D eigenvalue weighted by atomic mass is 16.1. The molecule has 2 N–H and O–H groups in total. The van der Waals surface area contributed by atoms with E-state index in [1.807, 2.05) is 49.4 Å². The van der Waals surface area contributed by atoms with E-state index in [2.05, 4.69) is 35.5 Å². The molecule has 26 heavy (non-hydrogen) atoms. The molecule has 0 spiro atoms. The van der Waals surface area contributed by atoms with E-state index in [4.69, 9.17) is 0 Å². The highest BCUT2D eigenvalue weighted by Gasteiger charge is 2.09. The summed E-state index contributed by atoms with van der Waals surface area (Å²) in [7, 11) is 0. The van der Waals surface area contributed by atoms with Gasteiger partial charge in [0.2, 0.25) is 0 Å². The number of pyridine rings is 1. The van der Waals surface area contributed by atoms with E-state index in [0.717, 1.165) is 22.5 Å². The SMILES string of the molecule is Cc1ccccc1CNC(=O)c1cncc(Nc2cccc(C)c2C)c1. The van der Waals surface area contributed by atoms with Crippen molar-refractivity contribution in [3.05, 3.63) is 88.7 Å². The van der Waals surface area contributed by atoms with Gasteiger partial charge in [-0.2, -0.15) is 0 Å². The third kappa shape index (κ3) is 4.09. The lowest BCUT2D eigenvalue weighted by atomic mass is 10.1. The Bertz CT molecular complexity index is 934. The molecule has 4 heteroatoms. The van der Waals surface area contributed by atoms with Gasteiger partial charge in [-0.3, -0.25) is 9.78 Å². The molecule has 1 heterocycles. The highest BCUT2D eigenvalue weighted by molar-refractivity contribution is 5.94. The molecule has 132 valence electrons. The van der Waals surface area contributed by atoms with Crippen LogP contribution in [0.25, 0.3) is 0 Å². The fourth-order valence-corrected chi connectivity index (χ4v) is 2.76. The summed E-state index contributed by atoms with van der Waals surface area (Å²) in [6.07, 6.45) is 3.31. The number of carbonyl (C=O) groups excluding carboxylic acids is 1. The van der Waals surface area contributed by atoms with Crippen molar-refractivity contribution in [3.63, 3.8) is 0 Å². The standard InChI is InChI=1S/C22H23N3O/c1-15-8-6-10-21(17(15)3)25-20-11-19(12-23-14-20)22(26)24-13-18-9-5-4-7-16(18)2/h4-12,14,25H,13H2,1-3H3,(H,24,26). The summed E-state index contributed by atoms with van der Waals surface area (Å²) < 4.78 is 0. The smallest absolute Gasteiger partial charge is 0.253 e. The van der Waals surface area contributed by atoms with Crippen LogP contribution in [0.3, 0.4) is 0 Å². The molecule has 0 atom stereocenters. The number of benzene rings is 2. The maximum Gasteiger partial charge on any atom is 0.253 e. The van der Waals surface area contributed by atoms with Crippen molar-refractivity contribution in [2.75, 3.05) is 5.32 Å². The minimum absolute atomic E-state index is 0.134. The van der Waals surface area contributed by atoms with Crippen LogP contribution >= 0.6 is 0 Å². The number of hydrogen-bond acceptors (Lipinski definition) is 3. The van der Waals surface area contributed by atoms with Crippen LogP contribution in [0.4, 0.5) is 11.4 Å². The van der Waals surface area contributed by atoms with Crippen LogP contribution < -0.4 is 10.6 Å². The molecule has 3 rings (SSSR count). The Labute approximate surface area is 154 Å². The molecule has 0 aliphatic heterocycles. The van der Waals surface area contributed by atoms with Gasteiger partial charge in [-0.05, 0) is 55.2 Å². The summed E-state index contributed by atoms with van der Waals surface area (Å²) in [6.45, 7) is 6.69. The van der Waals surface area contributed by atoms with Gasteiger partial charge in [0.1, 0.15) is 0 Å². The van der Waals surface area contributed by atoms with E-state index in [1.54, 1.807) is 12.4 Å². The van der Waals surface area contributed by atoms with Crippen molar-refractivity contribution < 1.29 is 4.79 Å². The first-order chi connectivity index (χ1) is 12.5. The Morgan fingerprint density at radius 2 is 1.73 bits per heavy atom. The molecule has 0 saturated heterocycles. The average molecular weight is 345 g/mol. The largest absolute Gasteiger partial charge is 0.354 e. The summed E-state index contributed by atoms with van der Waals surface area (Å²) in [5, 5.41) is 6.31. The minimum Gasteiger partial charge on any atom is -0.354 e. The molecule has 1 aromatic heterocycles. The number of amides is 1. The predicted octanol–water partition coefficient (Wildman–Crippen LogP) is 4.68. The van der Waals surface area contributed by atoms with Crippen molar-refractivity contribution >= 4 is 17.3 Å². The molecule has 2 aromatic carbocycles. The number of anilines is 2. The van der Waals surface area contributed by atoms with Gasteiger partial charge in [-0.25, -0.2) is 0 Å². The Morgan fingerprint density at radius 3 is 2.54 bits per heavy atom. The first-order valence-electron chi connectivity index (χ1n) is 8.65. The molecular formula is C22H23N3O. The third-order valence-electron chi connectivity index (χ3n) is 4.58. The molecule has 0 saturated carbocycles. The fraction of sp³-hybridized carbons (Fsp3) is 0.182. The number of carbonyl (C=O) groups is 1. The molecule has 0 aliphatic carbocycles. The number of nitrogens with one attached hydrogen (secondary N) is 2. The lowest BCUT2D eigenvalue weighted by Gasteiger charge is -2.12. The number of nitrogens with zero attached hydrogens (tertiary/aromatic N) is 1. The summed E-state index contributed by atoms with van der Waals surface area (Å²) in [6, 6.07) is 16.0. The van der Waals surface area contributed by atoms with Gasteiger partial charge in [-0.15, -0.1) is 0 Å². The Hall–Kier alpha value is -3.14. The normalized spacial score (nSPS) is 10.4. The third-order valence-corrected chi connectivity index (χ3v) is 4.58. The van der Waals surface area contributed by atoms with Crippen LogP contribution in [0.5, 0.6) is 0 Å². The van der Waals surface area contributed by atoms with Crippen LogP contribution in [0.1, 0.15) is 32.6 Å². The fourth-order valence-electron chi connectivity index (χ4n) is 2.76. The summed E-state index contributed by atoms with van der Waals surface area (Å²) in [5.74, 6) is -0.134. The van der Waals surface area contributed by atoms with Gasteiger partial charge in [0, 0.05) is 18.4 Å². The van der Waals surface area contributed by atoms with Crippen molar-refractivity contribution in [3.8, 4) is 0 Å². The van der Waals surface area contributed by atoms with Gasteiger partial charge in [-0.1, -0.05) is 36.4 Å². The molecule has 0 bridgehead atoms. The van der Waals surface area contributed by atoms with Crippen molar-refractivity contribution in [1.82, 2.24) is 10.3 Å². The first-order valence-corrected chi connectivity index (χ1v) is 8.65. The summed E-state index contributed by atoms with van der Waals surface area (Å²) >= 11 is 0. The van der Waals surface area contributed by atoms with Crippen LogP contribution in [-0.2, 0) is 6.54 Å². The maximum atomic E-state index is 12.5. The van der Waals surface area contributed by atoms with Gasteiger partial charge in [0.05, 0.1) is 17.4 Å². The lowest BCUT2D eigenvalue weighted by molar-refractivity contribution is 0.0950. The molecule has 1 amide bonds. The van der Waals surface area contributed by atoms with Crippen molar-refractivity contribution in [2.45, 2.75) is 27.3 Å². The second kappa shape index (κ2) is 7.83. The molecule has 3 aromatic rings. The van der Waals surface area contributed by atoms with Gasteiger partial charge in [0.15, 0.2) is 0 Å². The van der Waals surface area contributed by atoms with E-state index in [0.29, 0.717) is 12.1 Å². The van der Waals surface area contributed by atoms with Crippen LogP contribution in [0.15, 0.2) is 60.9 Å². The van der Waals surface area contributed by atoms with Gasteiger partial charge >= 0.3 is 0 Å². The zero-order valence-electron chi connectivity index (χ0n) is 15.3. The number of aryl methyl sites for hydroxylation is 2. The monoisotopic (exact) mass is 345 g/mol. The molecule has 0 fully saturated rings. The van der Waals surface area contributed by atoms with Crippen LogP contribution in [0.2, 0.25) is 0 Å². The molecular weight excluding hydrogens is 322 g/mol. The molecule has 0 radical (unpaired) electrons. The number of aromatic nitrogens is 1. The summed E-state index contributed by atoms with van der Waals surface area (Å²) in [4.78, 5) is 16.7. The van der Waals surface area contributed by atoms with Crippen LogP contribution in [-0.4, -0.2) is 10.9 Å². The Morgan fingerprint density at radius 1 is 0.962 bits per heavy atom. The lowest BCUT2D eigenvalue weighted by Crippen LogP contribution is -2.23. The van der Waals surface area contributed by atoms with E-state index >= 15 is 0 Å². The van der Waals surface area contributed by atoms with E-state index in [1.165, 1.54) is 11.1 Å². The second-order valence-electron chi connectivity index (χ2n) is 6.44. The minimum atomic E-state index is -0.134. The summed E-state index contributed by atoms with van der Waals surface area (Å²) in [5.41, 5.74) is 7.02. The van der Waals surface area contributed by atoms with E-state index in [9.17, 15) is 4.79 Å². The van der Waals surface area contributed by atoms with E-state index < -0.39 is 0 Å². The van der Waals surface area contributed by atoms with Gasteiger partial charge in [0.25, 0.3) is 5.91 Å². The highest BCUT2D eigenvalue weighted by Crippen LogP contribution is 2.22. The second-order valence-corrected chi connectivity index (χ2v) is 6.44. The van der Waals surface area contributed by atoms with Gasteiger partial charge < -0.3 is 10.6 Å². The topological polar surface area (TPSA) is 54.0 Å². The van der Waals surface area contributed by atoms with Crippen molar-refractivity contribution in [1.29, 1.82) is 0 Å². The predicted molar refractivity (Wildman–Crippen MR) is 106 cm³/mol. The first kappa shape index (κ1) is 17.7. The average Bonchev–Trinajstić information content (AvgIpc) is 2.65. The molecule has 0 unspecified atom stereocenters. The van der Waals surface area contributed by atoms with Crippen molar-refractivity contribution in [2.24, 2.45) is 0 Å². The van der Waals surface area contributed by atoms with Crippen LogP contribution in [0, 0.1) is 20.8 Å². The molecule has 0 aliphatic rings.